The van der Waals surface area contributed by atoms with Crippen molar-refractivity contribution in [2.45, 2.75) is 38.5 Å². The van der Waals surface area contributed by atoms with Crippen LogP contribution in [0.15, 0.2) is 73.6 Å². The van der Waals surface area contributed by atoms with Gasteiger partial charge < -0.3 is 16.0 Å². The molecule has 0 bridgehead atoms. The van der Waals surface area contributed by atoms with Gasteiger partial charge in [-0.1, -0.05) is 79.4 Å². The van der Waals surface area contributed by atoms with Crippen LogP contribution in [-0.4, -0.2) is 26.8 Å². The number of para-hydroxylation sites is 1. The average molecular weight is 537 g/mol. The highest BCUT2D eigenvalue weighted by atomic mass is 35.5. The Morgan fingerprint density at radius 1 is 1.03 bits per heavy atom. The number of fused-ring (bicyclic) bond motifs is 1. The van der Waals surface area contributed by atoms with Gasteiger partial charge in [0.2, 0.25) is 11.9 Å². The number of nitrogens with one attached hydrogen (secondary N) is 3. The number of nitrogens with zero attached hydrogens (tertiary/aromatic N) is 2. The molecular formula is C28H30ClFN6O2. The number of amides is 2. The Labute approximate surface area is 225 Å². The topological polar surface area (TPSA) is 126 Å². The van der Waals surface area contributed by atoms with Gasteiger partial charge in [0, 0.05) is 33.9 Å². The molecule has 1 saturated carbocycles. The molecule has 2 amide bonds. The first kappa shape index (κ1) is 28.3. The minimum Gasteiger partial charge on any atom is -0.368 e. The van der Waals surface area contributed by atoms with Gasteiger partial charge in [-0.2, -0.15) is 5.54 Å². The number of aromatic nitrogens is 3. The van der Waals surface area contributed by atoms with E-state index in [2.05, 4.69) is 26.8 Å². The third-order valence-electron chi connectivity index (χ3n) is 5.79. The second-order valence-corrected chi connectivity index (χ2v) is 8.90. The second-order valence-electron chi connectivity index (χ2n) is 8.49. The lowest BCUT2D eigenvalue weighted by molar-refractivity contribution is -0.111. The SMILES string of the molecule is C1CCCCC1.C=CC(=O)Nc1ccc(C(=O)NF)cc1.Nc1ncc(Cl)c(-c2c[nH]c3ccccc23)n1. The first-order chi connectivity index (χ1) is 18.4. The Balaban J connectivity index is 0.000000174. The molecule has 2 aromatic heterocycles. The van der Waals surface area contributed by atoms with Gasteiger partial charge in [-0.3, -0.25) is 9.59 Å². The first-order valence-electron chi connectivity index (χ1n) is 12.2. The van der Waals surface area contributed by atoms with Crippen LogP contribution in [0.5, 0.6) is 0 Å². The molecule has 0 saturated heterocycles. The predicted molar refractivity (Wildman–Crippen MR) is 150 cm³/mol. The van der Waals surface area contributed by atoms with Crippen molar-refractivity contribution >= 4 is 46.0 Å². The van der Waals surface area contributed by atoms with E-state index in [1.54, 1.807) is 0 Å². The van der Waals surface area contributed by atoms with Crippen LogP contribution in [0, 0.1) is 0 Å². The molecular weight excluding hydrogens is 507 g/mol. The van der Waals surface area contributed by atoms with Crippen LogP contribution < -0.4 is 16.6 Å². The Bertz CT molecular complexity index is 1360. The number of halogens is 2. The van der Waals surface area contributed by atoms with Gasteiger partial charge >= 0.3 is 0 Å². The van der Waals surface area contributed by atoms with Crippen LogP contribution in [0.2, 0.25) is 5.02 Å². The van der Waals surface area contributed by atoms with Crippen LogP contribution in [0.1, 0.15) is 48.9 Å². The Morgan fingerprint density at radius 2 is 1.66 bits per heavy atom. The molecule has 38 heavy (non-hydrogen) atoms. The van der Waals surface area contributed by atoms with E-state index >= 15 is 0 Å². The van der Waals surface area contributed by atoms with Crippen molar-refractivity contribution < 1.29 is 14.1 Å². The maximum absolute atomic E-state index is 11.8. The monoisotopic (exact) mass is 536 g/mol. The lowest BCUT2D eigenvalue weighted by atomic mass is 10.0. The molecule has 5 N–H and O–H groups in total. The van der Waals surface area contributed by atoms with Gasteiger partial charge in [0.1, 0.15) is 0 Å². The predicted octanol–water partition coefficient (Wildman–Crippen LogP) is 6.63. The van der Waals surface area contributed by atoms with Crippen LogP contribution in [-0.2, 0) is 4.79 Å². The van der Waals surface area contributed by atoms with Gasteiger partial charge in [-0.25, -0.2) is 9.97 Å². The highest BCUT2D eigenvalue weighted by molar-refractivity contribution is 6.33. The molecule has 10 heteroatoms. The fourth-order valence-corrected chi connectivity index (χ4v) is 4.04. The number of benzene rings is 2. The summed E-state index contributed by atoms with van der Waals surface area (Å²) < 4.78 is 11.8. The maximum Gasteiger partial charge on any atom is 0.278 e. The summed E-state index contributed by atoms with van der Waals surface area (Å²) in [6, 6.07) is 13.7. The van der Waals surface area contributed by atoms with Crippen molar-refractivity contribution in [2.75, 3.05) is 11.1 Å². The highest BCUT2D eigenvalue weighted by Crippen LogP contribution is 2.31. The fourth-order valence-electron chi connectivity index (χ4n) is 3.85. The molecule has 2 aromatic carbocycles. The zero-order chi connectivity index (χ0) is 27.3. The molecule has 2 heterocycles. The smallest absolute Gasteiger partial charge is 0.278 e. The number of carbonyl (C=O) groups excluding carboxylic acids is 2. The van der Waals surface area contributed by atoms with E-state index in [1.807, 2.05) is 30.5 Å². The van der Waals surface area contributed by atoms with Gasteiger partial charge in [0.25, 0.3) is 5.91 Å². The Kier molecular flexibility index (Phi) is 10.8. The van der Waals surface area contributed by atoms with Crippen molar-refractivity contribution in [3.63, 3.8) is 0 Å². The molecule has 0 atom stereocenters. The molecule has 198 valence electrons. The van der Waals surface area contributed by atoms with Gasteiger partial charge in [-0.05, 0) is 36.4 Å². The number of anilines is 2. The minimum absolute atomic E-state index is 0.175. The maximum atomic E-state index is 11.8. The standard InChI is InChI=1S/C12H9ClN4.C10H9FN2O2.C6H12/c13-9-6-16-12(14)17-11(9)8-5-15-10-4-2-1-3-7(8)10;1-2-9(14)12-8-5-3-7(4-6-8)10(15)13-11;1-2-4-6-5-3-1/h1-6,15H,(H2,14,16,17);2-6H,1H2,(H,12,14)(H,13,15);1-6H2. The van der Waals surface area contributed by atoms with Crippen LogP contribution in [0.25, 0.3) is 22.2 Å². The number of rotatable bonds is 4. The molecule has 4 aromatic rings. The lowest BCUT2D eigenvalue weighted by Gasteiger charge is -2.05. The van der Waals surface area contributed by atoms with Crippen molar-refractivity contribution in [2.24, 2.45) is 0 Å². The summed E-state index contributed by atoms with van der Waals surface area (Å²) >= 11 is 6.09. The fraction of sp³-hybridized carbons (Fsp3) is 0.214. The molecule has 0 aliphatic heterocycles. The number of nitrogen functional groups attached to an aromatic ring is 1. The average Bonchev–Trinajstić information content (AvgIpc) is 3.40. The number of H-pyrrole nitrogens is 1. The molecule has 0 radical (unpaired) electrons. The molecule has 0 unspecified atom stereocenters. The Morgan fingerprint density at radius 3 is 2.26 bits per heavy atom. The van der Waals surface area contributed by atoms with E-state index in [9.17, 15) is 14.1 Å². The third kappa shape index (κ3) is 8.14. The number of aromatic amines is 1. The quantitative estimate of drug-likeness (QED) is 0.172. The van der Waals surface area contributed by atoms with E-state index in [0.29, 0.717) is 16.4 Å². The number of hydrogen-bond acceptors (Lipinski definition) is 5. The van der Waals surface area contributed by atoms with Crippen LogP contribution in [0.4, 0.5) is 16.1 Å². The summed E-state index contributed by atoms with van der Waals surface area (Å²) in [7, 11) is 0. The van der Waals surface area contributed by atoms with Crippen molar-refractivity contribution in [1.29, 1.82) is 0 Å². The summed E-state index contributed by atoms with van der Waals surface area (Å²) in [5.41, 5.74) is 9.90. The van der Waals surface area contributed by atoms with E-state index in [0.717, 1.165) is 28.1 Å². The minimum atomic E-state index is -0.823. The summed E-state index contributed by atoms with van der Waals surface area (Å²) in [5.74, 6) is -0.955. The van der Waals surface area contributed by atoms with Crippen molar-refractivity contribution in [3.05, 3.63) is 84.2 Å². The molecule has 0 spiro atoms. The van der Waals surface area contributed by atoms with Crippen molar-refractivity contribution in [3.8, 4) is 11.3 Å². The van der Waals surface area contributed by atoms with E-state index < -0.39 is 5.91 Å². The van der Waals surface area contributed by atoms with Gasteiger partial charge in [0.15, 0.2) is 0 Å². The molecule has 1 aliphatic carbocycles. The van der Waals surface area contributed by atoms with Gasteiger partial charge in [0.05, 0.1) is 16.9 Å². The normalized spacial score (nSPS) is 12.3. The number of carbonyl (C=O) groups is 2. The molecule has 1 aliphatic rings. The number of nitrogens with two attached hydrogens (primary N) is 1. The Hall–Kier alpha value is -4.24. The molecule has 1 fully saturated rings. The van der Waals surface area contributed by atoms with Gasteiger partial charge in [-0.15, -0.1) is 0 Å². The zero-order valence-electron chi connectivity index (χ0n) is 20.8. The van der Waals surface area contributed by atoms with Crippen molar-refractivity contribution in [1.82, 2.24) is 20.5 Å². The number of hydrogen-bond donors (Lipinski definition) is 4. The summed E-state index contributed by atoms with van der Waals surface area (Å²) in [6.07, 6.45) is 13.5. The summed E-state index contributed by atoms with van der Waals surface area (Å²) in [6.45, 7) is 3.29. The largest absolute Gasteiger partial charge is 0.368 e. The summed E-state index contributed by atoms with van der Waals surface area (Å²) in [4.78, 5) is 32.9. The van der Waals surface area contributed by atoms with E-state index in [4.69, 9.17) is 17.3 Å². The second kappa shape index (κ2) is 14.5. The third-order valence-corrected chi connectivity index (χ3v) is 6.07. The zero-order valence-corrected chi connectivity index (χ0v) is 21.6. The summed E-state index contributed by atoms with van der Waals surface area (Å²) in [5, 5.41) is 4.05. The van der Waals surface area contributed by atoms with Crippen LogP contribution in [0.3, 0.4) is 0 Å². The van der Waals surface area contributed by atoms with E-state index in [1.165, 1.54) is 69.0 Å². The van der Waals surface area contributed by atoms with Crippen LogP contribution >= 0.6 is 11.6 Å². The lowest BCUT2D eigenvalue weighted by Crippen LogP contribution is -2.13. The van der Waals surface area contributed by atoms with E-state index in [-0.39, 0.29) is 17.4 Å². The highest BCUT2D eigenvalue weighted by Gasteiger charge is 2.11. The molecule has 5 rings (SSSR count). The first-order valence-corrected chi connectivity index (χ1v) is 12.6. The molecule has 8 nitrogen and oxygen atoms in total.